The summed E-state index contributed by atoms with van der Waals surface area (Å²) in [5.41, 5.74) is 0. The van der Waals surface area contributed by atoms with E-state index in [4.69, 9.17) is 0 Å². The van der Waals surface area contributed by atoms with Gasteiger partial charge in [-0.1, -0.05) is 0 Å². The molecule has 0 atom stereocenters. The van der Waals surface area contributed by atoms with Crippen molar-refractivity contribution in [2.45, 2.75) is 0 Å². The van der Waals surface area contributed by atoms with Crippen LogP contribution in [0.25, 0.3) is 0 Å². The van der Waals surface area contributed by atoms with Crippen LogP contribution in [0.2, 0.25) is 0 Å². The number of hydrogen-bond donors (Lipinski definition) is 0. The van der Waals surface area contributed by atoms with E-state index >= 15 is 0 Å². The summed E-state index contributed by atoms with van der Waals surface area (Å²) in [5, 5.41) is 0. The van der Waals surface area contributed by atoms with E-state index < -0.39 is 0 Å². The first-order chi connectivity index (χ1) is 3.79. The Morgan fingerprint density at radius 3 is 1.88 bits per heavy atom. The zero-order chi connectivity index (χ0) is 5.98. The first-order valence-electron chi connectivity index (χ1n) is 1.97. The molecule has 1 rings (SSSR count). The van der Waals surface area contributed by atoms with Gasteiger partial charge in [-0.25, -0.2) is 0 Å². The van der Waals surface area contributed by atoms with Crippen molar-refractivity contribution in [3.05, 3.63) is 18.5 Å². The maximum atomic E-state index is 3.89. The van der Waals surface area contributed by atoms with Gasteiger partial charge in [0.15, 0.2) is 0 Å². The van der Waals surface area contributed by atoms with E-state index in [0.717, 1.165) is 7.56 Å². The summed E-state index contributed by atoms with van der Waals surface area (Å²) < 4.78 is 1.98. The van der Waals surface area contributed by atoms with E-state index in [1.165, 1.54) is 0 Å². The molecule has 0 N–H and O–H groups in total. The van der Waals surface area contributed by atoms with Crippen LogP contribution in [0.15, 0.2) is 18.5 Å². The van der Waals surface area contributed by atoms with Gasteiger partial charge in [0, 0.05) is 0 Å². The Morgan fingerprint density at radius 1 is 1.12 bits per heavy atom. The molecule has 8 heavy (non-hydrogen) atoms. The molecule has 0 bridgehead atoms. The molecule has 0 fully saturated rings. The zero-order valence-electron chi connectivity index (χ0n) is 3.78. The van der Waals surface area contributed by atoms with Crippen molar-refractivity contribution < 1.29 is 42.1 Å². The molecule has 0 aromatic carbocycles. The Kier molecular flexibility index (Phi) is 2.50. The molecule has 50 valence electrons. The molecular weight excluding hydrogens is 290 g/mol. The fourth-order valence-corrected chi connectivity index (χ4v) is 1.27. The van der Waals surface area contributed by atoms with Gasteiger partial charge in [-0.15, -0.1) is 0 Å². The maximum absolute atomic E-state index is 3.89. The SMILES string of the molecule is [Ag][c]1cnc[c]([Ag])c1. The van der Waals surface area contributed by atoms with E-state index in [1.54, 1.807) is 12.4 Å². The summed E-state index contributed by atoms with van der Waals surface area (Å²) in [6, 6.07) is 1.94. The summed E-state index contributed by atoms with van der Waals surface area (Å²) in [7, 11) is 0. The van der Waals surface area contributed by atoms with E-state index in [2.05, 4.69) is 47.1 Å². The molecule has 1 heterocycles. The number of hydrogen-bond acceptors (Lipinski definition) is 1. The molecule has 1 aromatic rings. The van der Waals surface area contributed by atoms with Crippen LogP contribution in [0.1, 0.15) is 0 Å². The first kappa shape index (κ1) is 6.75. The van der Waals surface area contributed by atoms with Gasteiger partial charge in [0.2, 0.25) is 0 Å². The fraction of sp³-hybridized carbons (Fsp3) is 0. The van der Waals surface area contributed by atoms with Crippen LogP contribution in [-0.4, -0.2) is 4.98 Å². The fourth-order valence-electron chi connectivity index (χ4n) is 0.354. The summed E-state index contributed by atoms with van der Waals surface area (Å²) in [4.78, 5) is 3.89. The second-order valence-corrected chi connectivity index (χ2v) is 2.94. The molecule has 0 aliphatic rings. The van der Waals surface area contributed by atoms with Crippen molar-refractivity contribution in [1.82, 2.24) is 4.98 Å². The van der Waals surface area contributed by atoms with E-state index in [1.807, 2.05) is 6.07 Å². The molecule has 3 heteroatoms. The van der Waals surface area contributed by atoms with Gasteiger partial charge in [0.1, 0.15) is 0 Å². The van der Waals surface area contributed by atoms with Crippen LogP contribution in [0, 0.1) is 0 Å². The van der Waals surface area contributed by atoms with Crippen molar-refractivity contribution in [2.75, 3.05) is 0 Å². The van der Waals surface area contributed by atoms with Gasteiger partial charge < -0.3 is 0 Å². The molecular formula is C5H3Ag2N. The average molecular weight is 293 g/mol. The quantitative estimate of drug-likeness (QED) is 0.584. The minimum atomic E-state index is 0.989. The molecule has 1 aromatic heterocycles. The standard InChI is InChI=1S/C5H3N.2Ag/c1-2-4-6-5-3-1;;/h1,4-5H;;. The van der Waals surface area contributed by atoms with Gasteiger partial charge in [0.25, 0.3) is 0 Å². The minimum absolute atomic E-state index is 0.989. The van der Waals surface area contributed by atoms with Crippen LogP contribution >= 0.6 is 0 Å². The molecule has 0 aliphatic carbocycles. The van der Waals surface area contributed by atoms with Crippen molar-refractivity contribution in [3.63, 3.8) is 0 Å². The Bertz CT molecular complexity index is 170. The van der Waals surface area contributed by atoms with Gasteiger partial charge in [-0.05, 0) is 0 Å². The Morgan fingerprint density at radius 2 is 1.62 bits per heavy atom. The number of pyridine rings is 1. The van der Waals surface area contributed by atoms with Gasteiger partial charge in [-0.2, -0.15) is 0 Å². The topological polar surface area (TPSA) is 12.9 Å². The Labute approximate surface area is 72.7 Å². The first-order valence-corrected chi connectivity index (χ1v) is 3.45. The third-order valence-electron chi connectivity index (χ3n) is 0.630. The molecule has 0 spiro atoms. The second kappa shape index (κ2) is 2.97. The third kappa shape index (κ3) is 1.86. The number of rotatable bonds is 0. The van der Waals surface area contributed by atoms with E-state index in [-0.39, 0.29) is 0 Å². The molecule has 0 saturated heterocycles. The van der Waals surface area contributed by atoms with Crippen LogP contribution in [-0.2, 0) is 42.1 Å². The van der Waals surface area contributed by atoms with Crippen LogP contribution in [0.4, 0.5) is 0 Å². The molecule has 0 amide bonds. The van der Waals surface area contributed by atoms with E-state index in [9.17, 15) is 0 Å². The van der Waals surface area contributed by atoms with Crippen molar-refractivity contribution >= 4 is 7.56 Å². The predicted octanol–water partition coefficient (Wildman–Crippen LogP) is -0.574. The monoisotopic (exact) mass is 291 g/mol. The molecule has 0 saturated carbocycles. The van der Waals surface area contributed by atoms with Crippen molar-refractivity contribution in [3.8, 4) is 0 Å². The Hall–Kier alpha value is 0.631. The van der Waals surface area contributed by atoms with Gasteiger partial charge in [-0.3, -0.25) is 0 Å². The molecule has 0 aliphatic heterocycles. The molecule has 0 unspecified atom stereocenters. The number of nitrogens with zero attached hydrogens (tertiary/aromatic N) is 1. The molecule has 1 nitrogen and oxygen atoms in total. The second-order valence-electron chi connectivity index (χ2n) is 1.23. The Balaban J connectivity index is 3.08. The normalized spacial score (nSPS) is 9.50. The summed E-state index contributed by atoms with van der Waals surface area (Å²) in [5.74, 6) is 0. The van der Waals surface area contributed by atoms with Crippen LogP contribution in [0.3, 0.4) is 0 Å². The zero-order valence-corrected chi connectivity index (χ0v) is 6.75. The van der Waals surface area contributed by atoms with Crippen LogP contribution < -0.4 is 7.56 Å². The summed E-state index contributed by atoms with van der Waals surface area (Å²) in [6.07, 6.45) is 3.48. The average Bonchev–Trinajstić information content (AvgIpc) is 1.64. The summed E-state index contributed by atoms with van der Waals surface area (Å²) >= 11 is 6.57. The molecule has 0 radical (unpaired) electrons. The van der Waals surface area contributed by atoms with Gasteiger partial charge >= 0.3 is 73.1 Å². The van der Waals surface area contributed by atoms with Crippen molar-refractivity contribution in [1.29, 1.82) is 0 Å². The van der Waals surface area contributed by atoms with Gasteiger partial charge in [0.05, 0.1) is 0 Å². The van der Waals surface area contributed by atoms with E-state index in [0.29, 0.717) is 0 Å². The number of aromatic nitrogens is 1. The van der Waals surface area contributed by atoms with Crippen molar-refractivity contribution in [2.24, 2.45) is 0 Å². The summed E-state index contributed by atoms with van der Waals surface area (Å²) in [6.45, 7) is 0. The third-order valence-corrected chi connectivity index (χ3v) is 1.44. The van der Waals surface area contributed by atoms with Crippen LogP contribution in [0.5, 0.6) is 0 Å². The predicted molar refractivity (Wildman–Crippen MR) is 23.5 cm³/mol.